The fourth-order valence-corrected chi connectivity index (χ4v) is 4.37. The van der Waals surface area contributed by atoms with Crippen LogP contribution >= 0.6 is 11.3 Å². The summed E-state index contributed by atoms with van der Waals surface area (Å²) in [7, 11) is 0. The molecule has 5 nitrogen and oxygen atoms in total. The van der Waals surface area contributed by atoms with Crippen LogP contribution in [-0.4, -0.2) is 48.6 Å². The van der Waals surface area contributed by atoms with Crippen molar-refractivity contribution in [2.24, 2.45) is 0 Å². The zero-order valence-electron chi connectivity index (χ0n) is 15.6. The Hall–Kier alpha value is -2.60. The van der Waals surface area contributed by atoms with Gasteiger partial charge in [-0.2, -0.15) is 0 Å². The monoisotopic (exact) mass is 381 g/mol. The van der Waals surface area contributed by atoms with Gasteiger partial charge in [0.25, 0.3) is 5.91 Å². The minimum atomic E-state index is 0.0397. The highest BCUT2D eigenvalue weighted by Gasteiger charge is 2.23. The molecule has 4 rings (SSSR count). The van der Waals surface area contributed by atoms with Crippen molar-refractivity contribution in [2.75, 3.05) is 37.7 Å². The number of carbonyl (C=O) groups excluding carboxylic acids is 1. The van der Waals surface area contributed by atoms with Crippen molar-refractivity contribution in [1.82, 2.24) is 9.88 Å². The SMILES string of the molecule is Cc1ccc2nc(N3CCN(C(=O)COc4ccccc4C)CC3)sc2c1. The third kappa shape index (κ3) is 3.90. The third-order valence-corrected chi connectivity index (χ3v) is 5.96. The molecular formula is C21H23N3O2S. The van der Waals surface area contributed by atoms with Crippen LogP contribution in [0.2, 0.25) is 0 Å². The third-order valence-electron chi connectivity index (χ3n) is 4.88. The number of carbonyl (C=O) groups is 1. The van der Waals surface area contributed by atoms with E-state index in [2.05, 4.69) is 30.0 Å². The van der Waals surface area contributed by atoms with Crippen LogP contribution in [0.25, 0.3) is 10.2 Å². The Morgan fingerprint density at radius 1 is 1.11 bits per heavy atom. The average Bonchev–Trinajstić information content (AvgIpc) is 3.10. The van der Waals surface area contributed by atoms with Crippen LogP contribution in [0.15, 0.2) is 42.5 Å². The molecule has 0 radical (unpaired) electrons. The van der Waals surface area contributed by atoms with Gasteiger partial charge in [-0.15, -0.1) is 0 Å². The summed E-state index contributed by atoms with van der Waals surface area (Å²) in [6, 6.07) is 14.1. The van der Waals surface area contributed by atoms with E-state index in [1.54, 1.807) is 11.3 Å². The summed E-state index contributed by atoms with van der Waals surface area (Å²) in [5.41, 5.74) is 3.34. The Labute approximate surface area is 163 Å². The van der Waals surface area contributed by atoms with Crippen molar-refractivity contribution in [3.05, 3.63) is 53.6 Å². The van der Waals surface area contributed by atoms with E-state index in [1.807, 2.05) is 36.1 Å². The van der Waals surface area contributed by atoms with Crippen LogP contribution in [0.5, 0.6) is 5.75 Å². The molecule has 1 saturated heterocycles. The highest BCUT2D eigenvalue weighted by Crippen LogP contribution is 2.30. The van der Waals surface area contributed by atoms with Gasteiger partial charge in [-0.3, -0.25) is 4.79 Å². The molecular weight excluding hydrogens is 358 g/mol. The number of hydrogen-bond acceptors (Lipinski definition) is 5. The average molecular weight is 382 g/mol. The number of benzene rings is 2. The molecule has 0 spiro atoms. The Bertz CT molecular complexity index is 961. The molecule has 0 N–H and O–H groups in total. The molecule has 140 valence electrons. The topological polar surface area (TPSA) is 45.7 Å². The van der Waals surface area contributed by atoms with Crippen molar-refractivity contribution in [1.29, 1.82) is 0 Å². The van der Waals surface area contributed by atoms with Gasteiger partial charge in [0, 0.05) is 26.2 Å². The molecule has 2 heterocycles. The van der Waals surface area contributed by atoms with E-state index >= 15 is 0 Å². The maximum absolute atomic E-state index is 12.5. The first-order valence-electron chi connectivity index (χ1n) is 9.18. The van der Waals surface area contributed by atoms with Crippen molar-refractivity contribution in [3.8, 4) is 5.75 Å². The number of aryl methyl sites for hydroxylation is 2. The van der Waals surface area contributed by atoms with Crippen molar-refractivity contribution < 1.29 is 9.53 Å². The van der Waals surface area contributed by atoms with E-state index in [0.717, 1.165) is 35.1 Å². The second-order valence-electron chi connectivity index (χ2n) is 6.89. The number of fused-ring (bicyclic) bond motifs is 1. The first-order chi connectivity index (χ1) is 13.1. The van der Waals surface area contributed by atoms with Crippen LogP contribution in [0, 0.1) is 13.8 Å². The number of ether oxygens (including phenoxy) is 1. The summed E-state index contributed by atoms with van der Waals surface area (Å²) in [4.78, 5) is 21.4. The lowest BCUT2D eigenvalue weighted by Crippen LogP contribution is -2.50. The summed E-state index contributed by atoms with van der Waals surface area (Å²) >= 11 is 1.72. The molecule has 1 aromatic heterocycles. The van der Waals surface area contributed by atoms with Crippen LogP contribution < -0.4 is 9.64 Å². The minimum absolute atomic E-state index is 0.0397. The molecule has 6 heteroatoms. The molecule has 1 aliphatic rings. The number of amides is 1. The normalized spacial score (nSPS) is 14.6. The van der Waals surface area contributed by atoms with E-state index in [4.69, 9.17) is 9.72 Å². The standard InChI is InChI=1S/C21H23N3O2S/c1-15-7-8-17-19(13-15)27-21(22-17)24-11-9-23(10-12-24)20(25)14-26-18-6-4-3-5-16(18)2/h3-8,13H,9-12,14H2,1-2H3. The summed E-state index contributed by atoms with van der Waals surface area (Å²) in [6.45, 7) is 7.17. The summed E-state index contributed by atoms with van der Waals surface area (Å²) in [6.07, 6.45) is 0. The largest absolute Gasteiger partial charge is 0.484 e. The van der Waals surface area contributed by atoms with Crippen LogP contribution in [0.1, 0.15) is 11.1 Å². The lowest BCUT2D eigenvalue weighted by molar-refractivity contribution is -0.133. The van der Waals surface area contributed by atoms with Gasteiger partial charge >= 0.3 is 0 Å². The Morgan fingerprint density at radius 3 is 2.67 bits per heavy atom. The van der Waals surface area contributed by atoms with Gasteiger partial charge in [-0.1, -0.05) is 35.6 Å². The van der Waals surface area contributed by atoms with Gasteiger partial charge in [0.2, 0.25) is 0 Å². The number of para-hydroxylation sites is 1. The van der Waals surface area contributed by atoms with E-state index in [-0.39, 0.29) is 12.5 Å². The van der Waals surface area contributed by atoms with Gasteiger partial charge in [0.05, 0.1) is 10.2 Å². The zero-order chi connectivity index (χ0) is 18.8. The molecule has 1 aliphatic heterocycles. The summed E-state index contributed by atoms with van der Waals surface area (Å²) in [5.74, 6) is 0.812. The van der Waals surface area contributed by atoms with Gasteiger partial charge < -0.3 is 14.5 Å². The molecule has 1 fully saturated rings. The molecule has 1 amide bonds. The van der Waals surface area contributed by atoms with Crippen LogP contribution in [0.3, 0.4) is 0 Å². The first-order valence-corrected chi connectivity index (χ1v) is 10.00. The highest BCUT2D eigenvalue weighted by molar-refractivity contribution is 7.22. The number of rotatable bonds is 4. The number of piperazine rings is 1. The molecule has 2 aromatic carbocycles. The molecule has 3 aromatic rings. The molecule has 0 atom stereocenters. The maximum atomic E-state index is 12.5. The second-order valence-corrected chi connectivity index (χ2v) is 7.90. The van der Waals surface area contributed by atoms with E-state index in [9.17, 15) is 4.79 Å². The number of hydrogen-bond donors (Lipinski definition) is 0. The Kier molecular flexibility index (Phi) is 4.99. The Balaban J connectivity index is 1.34. The summed E-state index contributed by atoms with van der Waals surface area (Å²) < 4.78 is 6.92. The quantitative estimate of drug-likeness (QED) is 0.692. The van der Waals surface area contributed by atoms with Gasteiger partial charge in [0.15, 0.2) is 11.7 Å². The lowest BCUT2D eigenvalue weighted by Gasteiger charge is -2.34. The number of anilines is 1. The predicted molar refractivity (Wildman–Crippen MR) is 110 cm³/mol. The molecule has 0 unspecified atom stereocenters. The Morgan fingerprint density at radius 2 is 1.89 bits per heavy atom. The van der Waals surface area contributed by atoms with Crippen molar-refractivity contribution >= 4 is 32.6 Å². The predicted octanol–water partition coefficient (Wildman–Crippen LogP) is 3.64. The molecule has 27 heavy (non-hydrogen) atoms. The zero-order valence-corrected chi connectivity index (χ0v) is 16.5. The maximum Gasteiger partial charge on any atom is 0.260 e. The van der Waals surface area contributed by atoms with Gasteiger partial charge in [-0.05, 0) is 43.2 Å². The van der Waals surface area contributed by atoms with E-state index < -0.39 is 0 Å². The first kappa shape index (κ1) is 17.8. The fourth-order valence-electron chi connectivity index (χ4n) is 3.25. The number of thiazole rings is 1. The van der Waals surface area contributed by atoms with Gasteiger partial charge in [0.1, 0.15) is 5.75 Å². The highest BCUT2D eigenvalue weighted by atomic mass is 32.1. The number of nitrogens with zero attached hydrogens (tertiary/aromatic N) is 3. The van der Waals surface area contributed by atoms with Gasteiger partial charge in [-0.25, -0.2) is 4.98 Å². The summed E-state index contributed by atoms with van der Waals surface area (Å²) in [5, 5.41) is 1.04. The lowest BCUT2D eigenvalue weighted by atomic mass is 10.2. The molecule has 0 saturated carbocycles. The second kappa shape index (κ2) is 7.56. The smallest absolute Gasteiger partial charge is 0.260 e. The van der Waals surface area contributed by atoms with Crippen molar-refractivity contribution in [2.45, 2.75) is 13.8 Å². The fraction of sp³-hybridized carbons (Fsp3) is 0.333. The molecule has 0 aliphatic carbocycles. The minimum Gasteiger partial charge on any atom is -0.484 e. The van der Waals surface area contributed by atoms with E-state index in [1.165, 1.54) is 10.3 Å². The molecule has 0 bridgehead atoms. The van der Waals surface area contributed by atoms with Crippen molar-refractivity contribution in [3.63, 3.8) is 0 Å². The van der Waals surface area contributed by atoms with Crippen LogP contribution in [-0.2, 0) is 4.79 Å². The van der Waals surface area contributed by atoms with Crippen LogP contribution in [0.4, 0.5) is 5.13 Å². The number of aromatic nitrogens is 1. The van der Waals surface area contributed by atoms with E-state index in [0.29, 0.717) is 13.1 Å².